The van der Waals surface area contributed by atoms with Crippen molar-refractivity contribution in [3.8, 4) is 0 Å². The molecule has 4 aliphatic rings. The number of rotatable bonds is 6. The van der Waals surface area contributed by atoms with Crippen LogP contribution in [0.5, 0.6) is 0 Å². The fourth-order valence-electron chi connectivity index (χ4n) is 7.66. The van der Waals surface area contributed by atoms with Gasteiger partial charge >= 0.3 is 0 Å². The van der Waals surface area contributed by atoms with Crippen molar-refractivity contribution in [2.75, 3.05) is 24.6 Å². The number of thioether (sulfide) groups is 1. The summed E-state index contributed by atoms with van der Waals surface area (Å²) in [4.78, 5) is 48.8. The predicted molar refractivity (Wildman–Crippen MR) is 160 cm³/mol. The topological polar surface area (TPSA) is 81.2 Å². The average Bonchev–Trinajstić information content (AvgIpc) is 3.19. The summed E-state index contributed by atoms with van der Waals surface area (Å²) in [5, 5.41) is 10.2. The van der Waals surface area contributed by atoms with Crippen molar-refractivity contribution in [1.82, 2.24) is 9.80 Å². The van der Waals surface area contributed by atoms with E-state index in [4.69, 9.17) is 0 Å². The molecule has 4 aliphatic heterocycles. The number of amides is 3. The number of hydrogen-bond donors (Lipinski definition) is 1. The number of benzene rings is 1. The summed E-state index contributed by atoms with van der Waals surface area (Å²) in [6, 6.07) is 8.28. The SMILES string of the molecule is CC[C@@H](CO)N1C(=O)[C@@H]2[C@@H]3C(=O)N(c4ccccc4)CC=C[C@@H]3S[C@@]23C=CCN(C(C)(C)CC(C)(C)C)C(=O)C13. The quantitative estimate of drug-likeness (QED) is 0.521. The molecule has 0 aliphatic carbocycles. The van der Waals surface area contributed by atoms with E-state index in [-0.39, 0.29) is 35.0 Å². The average molecular weight is 566 g/mol. The van der Waals surface area contributed by atoms with Crippen LogP contribution < -0.4 is 4.90 Å². The molecule has 1 spiro atoms. The van der Waals surface area contributed by atoms with Gasteiger partial charge in [-0.15, -0.1) is 11.8 Å². The largest absolute Gasteiger partial charge is 0.394 e. The van der Waals surface area contributed by atoms with E-state index in [1.165, 1.54) is 0 Å². The van der Waals surface area contributed by atoms with Crippen molar-refractivity contribution < 1.29 is 19.5 Å². The third-order valence-corrected chi connectivity index (χ3v) is 10.7. The lowest BCUT2D eigenvalue weighted by Crippen LogP contribution is -2.60. The molecule has 7 nitrogen and oxygen atoms in total. The van der Waals surface area contributed by atoms with E-state index >= 15 is 0 Å². The lowest BCUT2D eigenvalue weighted by molar-refractivity contribution is -0.149. The molecule has 0 aromatic heterocycles. The summed E-state index contributed by atoms with van der Waals surface area (Å²) < 4.78 is -0.891. The summed E-state index contributed by atoms with van der Waals surface area (Å²) >= 11 is 1.59. The van der Waals surface area contributed by atoms with Crippen LogP contribution in [0.3, 0.4) is 0 Å². The number of anilines is 1. The lowest BCUT2D eigenvalue weighted by atomic mass is 9.77. The van der Waals surface area contributed by atoms with Gasteiger partial charge in [-0.25, -0.2) is 0 Å². The van der Waals surface area contributed by atoms with E-state index in [1.807, 2.05) is 54.3 Å². The summed E-state index contributed by atoms with van der Waals surface area (Å²) in [6.45, 7) is 13.3. The highest BCUT2D eigenvalue weighted by Gasteiger charge is 2.72. The van der Waals surface area contributed by atoms with Crippen LogP contribution in [-0.4, -0.2) is 79.9 Å². The molecule has 0 radical (unpaired) electrons. The van der Waals surface area contributed by atoms with Crippen LogP contribution in [-0.2, 0) is 14.4 Å². The summed E-state index contributed by atoms with van der Waals surface area (Å²) in [7, 11) is 0. The Morgan fingerprint density at radius 1 is 1.00 bits per heavy atom. The van der Waals surface area contributed by atoms with Crippen LogP contribution in [0.2, 0.25) is 0 Å². The first-order valence-electron chi connectivity index (χ1n) is 14.5. The summed E-state index contributed by atoms with van der Waals surface area (Å²) in [5.41, 5.74) is 0.342. The van der Waals surface area contributed by atoms with Crippen LogP contribution in [0.25, 0.3) is 0 Å². The minimum Gasteiger partial charge on any atom is -0.394 e. The molecule has 0 saturated carbocycles. The monoisotopic (exact) mass is 565 g/mol. The van der Waals surface area contributed by atoms with Crippen molar-refractivity contribution in [2.24, 2.45) is 17.3 Å². The van der Waals surface area contributed by atoms with Crippen LogP contribution in [0.1, 0.15) is 54.4 Å². The second-order valence-electron chi connectivity index (χ2n) is 13.4. The minimum absolute atomic E-state index is 0.00430. The molecule has 2 saturated heterocycles. The van der Waals surface area contributed by atoms with E-state index < -0.39 is 34.2 Å². The van der Waals surface area contributed by atoms with Crippen molar-refractivity contribution in [3.05, 3.63) is 54.6 Å². The molecule has 8 heteroatoms. The van der Waals surface area contributed by atoms with Crippen LogP contribution >= 0.6 is 11.8 Å². The van der Waals surface area contributed by atoms with Gasteiger partial charge in [0.25, 0.3) is 0 Å². The number of carbonyl (C=O) groups excluding carboxylic acids is 3. The van der Waals surface area contributed by atoms with E-state index in [2.05, 4.69) is 46.8 Å². The first kappa shape index (κ1) is 28.9. The van der Waals surface area contributed by atoms with Crippen molar-refractivity contribution in [3.63, 3.8) is 0 Å². The second-order valence-corrected chi connectivity index (χ2v) is 14.9. The zero-order valence-electron chi connectivity index (χ0n) is 24.5. The van der Waals surface area contributed by atoms with Crippen LogP contribution in [0, 0.1) is 17.3 Å². The standard InChI is InChI=1S/C32H43N3O4S/c1-7-21(19-36)35-26-29(39)34(31(5,6)20-30(2,3)4)18-12-16-32(26)25(28(35)38)24-23(40-32)15-11-17-33(27(24)37)22-13-9-8-10-14-22/h8-16,21,23-26,36H,7,17-20H2,1-6H3/t21-,23-,24+,25-,26?,32-/m0/s1. The molecule has 1 aromatic carbocycles. The first-order chi connectivity index (χ1) is 18.9. The van der Waals surface area contributed by atoms with Gasteiger partial charge in [-0.05, 0) is 44.2 Å². The van der Waals surface area contributed by atoms with E-state index in [9.17, 15) is 19.5 Å². The first-order valence-corrected chi connectivity index (χ1v) is 15.4. The molecule has 1 aromatic rings. The van der Waals surface area contributed by atoms with E-state index in [0.29, 0.717) is 19.5 Å². The summed E-state index contributed by atoms with van der Waals surface area (Å²) in [6.07, 6.45) is 9.48. The number of fused-ring (bicyclic) bond motifs is 2. The van der Waals surface area contributed by atoms with Crippen LogP contribution in [0.15, 0.2) is 54.6 Å². The molecule has 216 valence electrons. The maximum atomic E-state index is 14.7. The maximum Gasteiger partial charge on any atom is 0.247 e. The Kier molecular flexibility index (Phi) is 7.49. The maximum absolute atomic E-state index is 14.7. The van der Waals surface area contributed by atoms with Gasteiger partial charge in [0.15, 0.2) is 0 Å². The zero-order valence-corrected chi connectivity index (χ0v) is 25.4. The number of aliphatic hydroxyl groups is 1. The van der Waals surface area contributed by atoms with Gasteiger partial charge in [-0.3, -0.25) is 14.4 Å². The highest BCUT2D eigenvalue weighted by molar-refractivity contribution is 8.02. The molecule has 6 atom stereocenters. The number of hydrogen-bond acceptors (Lipinski definition) is 5. The Balaban J connectivity index is 1.61. The normalized spacial score (nSPS) is 31.2. The van der Waals surface area contributed by atoms with Gasteiger partial charge in [0.2, 0.25) is 17.7 Å². The van der Waals surface area contributed by atoms with E-state index in [1.54, 1.807) is 21.6 Å². The number of aliphatic hydroxyl groups excluding tert-OH is 1. The third kappa shape index (κ3) is 4.61. The Hall–Kier alpha value is -2.58. The van der Waals surface area contributed by atoms with Gasteiger partial charge < -0.3 is 19.8 Å². The van der Waals surface area contributed by atoms with Crippen molar-refractivity contribution in [1.29, 1.82) is 0 Å². The minimum atomic E-state index is -0.891. The van der Waals surface area contributed by atoms with Gasteiger partial charge in [0.05, 0.1) is 29.2 Å². The Morgan fingerprint density at radius 3 is 2.33 bits per heavy atom. The highest BCUT2D eigenvalue weighted by Crippen LogP contribution is 2.61. The molecule has 1 unspecified atom stereocenters. The fraction of sp³-hybridized carbons (Fsp3) is 0.594. The highest BCUT2D eigenvalue weighted by atomic mass is 32.2. The van der Waals surface area contributed by atoms with Gasteiger partial charge in [0.1, 0.15) is 6.04 Å². The molecule has 2 fully saturated rings. The third-order valence-electron chi connectivity index (χ3n) is 8.93. The van der Waals surface area contributed by atoms with Crippen molar-refractivity contribution >= 4 is 35.2 Å². The van der Waals surface area contributed by atoms with Crippen LogP contribution in [0.4, 0.5) is 5.69 Å². The zero-order chi connectivity index (χ0) is 29.0. The molecular weight excluding hydrogens is 522 g/mol. The number of para-hydroxylation sites is 1. The molecule has 1 N–H and O–H groups in total. The Morgan fingerprint density at radius 2 is 1.70 bits per heavy atom. The van der Waals surface area contributed by atoms with Gasteiger partial charge in [-0.1, -0.05) is 70.2 Å². The van der Waals surface area contributed by atoms with Gasteiger partial charge in [0, 0.05) is 29.6 Å². The smallest absolute Gasteiger partial charge is 0.247 e. The van der Waals surface area contributed by atoms with E-state index in [0.717, 1.165) is 12.1 Å². The number of carbonyl (C=O) groups is 3. The molecular formula is C32H43N3O4S. The second kappa shape index (κ2) is 10.4. The van der Waals surface area contributed by atoms with Gasteiger partial charge in [-0.2, -0.15) is 0 Å². The summed E-state index contributed by atoms with van der Waals surface area (Å²) in [5.74, 6) is -1.68. The Bertz CT molecular complexity index is 1220. The Labute approximate surface area is 242 Å². The molecule has 5 rings (SSSR count). The molecule has 3 amide bonds. The fourth-order valence-corrected chi connectivity index (χ4v) is 9.65. The predicted octanol–water partition coefficient (Wildman–Crippen LogP) is 4.27. The molecule has 40 heavy (non-hydrogen) atoms. The lowest BCUT2D eigenvalue weighted by Gasteiger charge is -2.45. The molecule has 4 heterocycles. The number of nitrogens with zero attached hydrogens (tertiary/aromatic N) is 3. The number of likely N-dealkylation sites (tertiary alicyclic amines) is 1. The molecule has 0 bridgehead atoms. The van der Waals surface area contributed by atoms with Crippen molar-refractivity contribution in [2.45, 2.75) is 82.0 Å².